The number of rotatable bonds is 6. The Hall–Kier alpha value is -2.39. The summed E-state index contributed by atoms with van der Waals surface area (Å²) in [7, 11) is -6.87. The van der Waals surface area contributed by atoms with E-state index in [1.54, 1.807) is 31.2 Å². The summed E-state index contributed by atoms with van der Waals surface area (Å²) in [5, 5.41) is 2.74. The molecule has 0 aliphatic carbocycles. The third kappa shape index (κ3) is 5.36. The lowest BCUT2D eigenvalue weighted by atomic mass is 10.1. The number of benzene rings is 2. The molecule has 156 valence electrons. The molecule has 2 aromatic rings. The number of nitrogens with one attached hydrogen (secondary N) is 2. The molecular weight excluding hydrogens is 412 g/mol. The van der Waals surface area contributed by atoms with Crippen LogP contribution in [0.1, 0.15) is 27.9 Å². The van der Waals surface area contributed by atoms with Crippen LogP contribution in [0, 0.1) is 19.8 Å². The normalized spacial score (nSPS) is 18.3. The maximum atomic E-state index is 12.7. The molecule has 1 atom stereocenters. The summed E-state index contributed by atoms with van der Waals surface area (Å²) in [5.41, 5.74) is 2.25. The lowest BCUT2D eigenvalue weighted by molar-refractivity contribution is 0.0947. The molecule has 2 aromatic carbocycles. The van der Waals surface area contributed by atoms with E-state index in [0.717, 1.165) is 5.56 Å². The van der Waals surface area contributed by atoms with Gasteiger partial charge in [-0.2, -0.15) is 0 Å². The van der Waals surface area contributed by atoms with Crippen molar-refractivity contribution in [3.8, 4) is 0 Å². The van der Waals surface area contributed by atoms with Crippen LogP contribution in [0.15, 0.2) is 47.4 Å². The van der Waals surface area contributed by atoms with Crippen LogP contribution in [-0.4, -0.2) is 40.8 Å². The molecule has 0 spiro atoms. The standard InChI is InChI=1S/C20H24N2O5S2/c1-14-4-3-5-17(10-14)22-29(26,27)18-7-6-15(2)19(11-18)20(23)21-12-16-8-9-28(24,25)13-16/h3-7,10-11,16,22H,8-9,12-13H2,1-2H3,(H,21,23). The van der Waals surface area contributed by atoms with Crippen molar-refractivity contribution in [3.63, 3.8) is 0 Å². The molecule has 3 rings (SSSR count). The van der Waals surface area contributed by atoms with E-state index >= 15 is 0 Å². The Kier molecular flexibility index (Phi) is 6.00. The van der Waals surface area contributed by atoms with E-state index in [4.69, 9.17) is 0 Å². The molecular formula is C20H24N2O5S2. The van der Waals surface area contributed by atoms with Gasteiger partial charge in [0.15, 0.2) is 9.84 Å². The third-order valence-electron chi connectivity index (χ3n) is 4.91. The summed E-state index contributed by atoms with van der Waals surface area (Å²) in [5.74, 6) is -0.315. The number of aryl methyl sites for hydroxylation is 2. The number of hydrogen-bond acceptors (Lipinski definition) is 5. The Morgan fingerprint density at radius 1 is 1.14 bits per heavy atom. The van der Waals surface area contributed by atoms with Gasteiger partial charge < -0.3 is 5.32 Å². The number of hydrogen-bond donors (Lipinski definition) is 2. The summed E-state index contributed by atoms with van der Waals surface area (Å²) in [6.45, 7) is 3.83. The summed E-state index contributed by atoms with van der Waals surface area (Å²) >= 11 is 0. The maximum absolute atomic E-state index is 12.7. The highest BCUT2D eigenvalue weighted by molar-refractivity contribution is 7.92. The topological polar surface area (TPSA) is 109 Å². The minimum atomic E-state index is -3.86. The first kappa shape index (κ1) is 21.3. The average molecular weight is 437 g/mol. The zero-order valence-corrected chi connectivity index (χ0v) is 17.9. The number of anilines is 1. The minimum absolute atomic E-state index is 0.0156. The van der Waals surface area contributed by atoms with Crippen molar-refractivity contribution in [3.05, 3.63) is 59.2 Å². The fourth-order valence-electron chi connectivity index (χ4n) is 3.30. The van der Waals surface area contributed by atoms with Crippen LogP contribution in [0.4, 0.5) is 5.69 Å². The molecule has 1 aliphatic heterocycles. The number of amides is 1. The first-order chi connectivity index (χ1) is 13.6. The number of sulfonamides is 1. The lowest BCUT2D eigenvalue weighted by Gasteiger charge is -2.13. The van der Waals surface area contributed by atoms with Crippen LogP contribution in [0.2, 0.25) is 0 Å². The van der Waals surface area contributed by atoms with Crippen LogP contribution in [-0.2, 0) is 19.9 Å². The number of carbonyl (C=O) groups is 1. The van der Waals surface area contributed by atoms with E-state index in [1.807, 2.05) is 13.0 Å². The molecule has 0 bridgehead atoms. The van der Waals surface area contributed by atoms with Gasteiger partial charge in [-0.3, -0.25) is 9.52 Å². The average Bonchev–Trinajstić information content (AvgIpc) is 2.98. The van der Waals surface area contributed by atoms with Crippen molar-refractivity contribution >= 4 is 31.5 Å². The molecule has 1 aliphatic rings. The van der Waals surface area contributed by atoms with Crippen LogP contribution < -0.4 is 10.0 Å². The molecule has 1 amide bonds. The highest BCUT2D eigenvalue weighted by Gasteiger charge is 2.28. The first-order valence-electron chi connectivity index (χ1n) is 9.24. The van der Waals surface area contributed by atoms with Crippen molar-refractivity contribution in [2.45, 2.75) is 25.2 Å². The Bertz CT molecular complexity index is 1140. The third-order valence-corrected chi connectivity index (χ3v) is 8.13. The highest BCUT2D eigenvalue weighted by Crippen LogP contribution is 2.21. The lowest BCUT2D eigenvalue weighted by Crippen LogP contribution is -2.30. The summed E-state index contributed by atoms with van der Waals surface area (Å²) in [6.07, 6.45) is 0.524. The minimum Gasteiger partial charge on any atom is -0.352 e. The molecule has 1 fully saturated rings. The predicted molar refractivity (Wildman–Crippen MR) is 112 cm³/mol. The summed E-state index contributed by atoms with van der Waals surface area (Å²) < 4.78 is 51.1. The van der Waals surface area contributed by atoms with Gasteiger partial charge in [0, 0.05) is 17.8 Å². The molecule has 1 heterocycles. The summed E-state index contributed by atoms with van der Waals surface area (Å²) in [4.78, 5) is 12.6. The van der Waals surface area contributed by atoms with Crippen molar-refractivity contribution in [1.29, 1.82) is 0 Å². The van der Waals surface area contributed by atoms with Crippen LogP contribution >= 0.6 is 0 Å². The molecule has 7 nitrogen and oxygen atoms in total. The largest absolute Gasteiger partial charge is 0.352 e. The van der Waals surface area contributed by atoms with Crippen LogP contribution in [0.3, 0.4) is 0 Å². The SMILES string of the molecule is Cc1cccc(NS(=O)(=O)c2ccc(C)c(C(=O)NCC3CCS(=O)(=O)C3)c2)c1. The van der Waals surface area contributed by atoms with Crippen molar-refractivity contribution in [2.75, 3.05) is 22.8 Å². The van der Waals surface area contributed by atoms with Gasteiger partial charge in [0.2, 0.25) is 0 Å². The monoisotopic (exact) mass is 436 g/mol. The number of sulfone groups is 1. The van der Waals surface area contributed by atoms with E-state index in [2.05, 4.69) is 10.0 Å². The first-order valence-corrected chi connectivity index (χ1v) is 12.5. The second kappa shape index (κ2) is 8.16. The Balaban J connectivity index is 1.75. The van der Waals surface area contributed by atoms with Gasteiger partial charge >= 0.3 is 0 Å². The van der Waals surface area contributed by atoms with Gasteiger partial charge in [0.05, 0.1) is 16.4 Å². The quantitative estimate of drug-likeness (QED) is 0.722. The van der Waals surface area contributed by atoms with Gasteiger partial charge in [-0.05, 0) is 61.6 Å². The maximum Gasteiger partial charge on any atom is 0.261 e. The fraction of sp³-hybridized carbons (Fsp3) is 0.350. The number of carbonyl (C=O) groups excluding carboxylic acids is 1. The van der Waals surface area contributed by atoms with E-state index in [1.165, 1.54) is 12.1 Å². The molecule has 9 heteroatoms. The Morgan fingerprint density at radius 3 is 2.55 bits per heavy atom. The van der Waals surface area contributed by atoms with Crippen LogP contribution in [0.25, 0.3) is 0 Å². The molecule has 0 saturated carbocycles. The van der Waals surface area contributed by atoms with E-state index in [0.29, 0.717) is 17.7 Å². The van der Waals surface area contributed by atoms with E-state index < -0.39 is 25.8 Å². The second-order valence-electron chi connectivity index (χ2n) is 7.43. The highest BCUT2D eigenvalue weighted by atomic mass is 32.2. The predicted octanol–water partition coefficient (Wildman–Crippen LogP) is 2.27. The Labute approximate surface area is 171 Å². The molecule has 1 unspecified atom stereocenters. The van der Waals surface area contributed by atoms with Crippen molar-refractivity contribution < 1.29 is 21.6 Å². The van der Waals surface area contributed by atoms with Crippen molar-refractivity contribution in [2.24, 2.45) is 5.92 Å². The molecule has 2 N–H and O–H groups in total. The van der Waals surface area contributed by atoms with Gasteiger partial charge in [0.25, 0.3) is 15.9 Å². The zero-order valence-electron chi connectivity index (χ0n) is 16.3. The van der Waals surface area contributed by atoms with Gasteiger partial charge in [-0.15, -0.1) is 0 Å². The Morgan fingerprint density at radius 2 is 1.90 bits per heavy atom. The van der Waals surface area contributed by atoms with Gasteiger partial charge in [-0.1, -0.05) is 18.2 Å². The molecule has 29 heavy (non-hydrogen) atoms. The van der Waals surface area contributed by atoms with E-state index in [-0.39, 0.29) is 34.4 Å². The van der Waals surface area contributed by atoms with Gasteiger partial charge in [-0.25, -0.2) is 16.8 Å². The van der Waals surface area contributed by atoms with Crippen molar-refractivity contribution in [1.82, 2.24) is 5.32 Å². The molecule has 0 aromatic heterocycles. The second-order valence-corrected chi connectivity index (χ2v) is 11.3. The smallest absolute Gasteiger partial charge is 0.261 e. The fourth-order valence-corrected chi connectivity index (χ4v) is 6.24. The molecule has 1 saturated heterocycles. The summed E-state index contributed by atoms with van der Waals surface area (Å²) in [6, 6.07) is 11.4. The van der Waals surface area contributed by atoms with Gasteiger partial charge in [0.1, 0.15) is 0 Å². The van der Waals surface area contributed by atoms with Crippen LogP contribution in [0.5, 0.6) is 0 Å². The zero-order chi connectivity index (χ0) is 21.2. The van der Waals surface area contributed by atoms with E-state index in [9.17, 15) is 21.6 Å². The molecule has 0 radical (unpaired) electrons.